The molecule has 2 heterocycles. The number of aromatic nitrogens is 2. The molecule has 0 radical (unpaired) electrons. The van der Waals surface area contributed by atoms with Crippen molar-refractivity contribution in [3.8, 4) is 0 Å². The van der Waals surface area contributed by atoms with Gasteiger partial charge in [0, 0.05) is 40.5 Å². The van der Waals surface area contributed by atoms with Crippen LogP contribution >= 0.6 is 0 Å². The van der Waals surface area contributed by atoms with Crippen molar-refractivity contribution in [1.29, 1.82) is 5.41 Å². The molecule has 5 aromatic rings. The first-order valence-corrected chi connectivity index (χ1v) is 22.2. The van der Waals surface area contributed by atoms with Gasteiger partial charge in [0.15, 0.2) is 5.82 Å². The van der Waals surface area contributed by atoms with Crippen LogP contribution in [0.3, 0.4) is 0 Å². The second kappa shape index (κ2) is 16.4. The number of fused-ring (bicyclic) bond motifs is 2. The third kappa shape index (κ3) is 7.16. The van der Waals surface area contributed by atoms with Crippen molar-refractivity contribution in [2.45, 2.75) is 43.9 Å². The topological polar surface area (TPSA) is 61.7 Å². The highest BCUT2D eigenvalue weighted by Crippen LogP contribution is 2.58. The number of benzene rings is 4. The summed E-state index contributed by atoms with van der Waals surface area (Å²) in [5, 5.41) is 12.5. The number of allylic oxidation sites excluding steroid dienone is 16. The number of rotatable bonds is 9. The third-order valence-corrected chi connectivity index (χ3v) is 13.2. The van der Waals surface area contributed by atoms with Crippen molar-refractivity contribution in [1.82, 2.24) is 15.3 Å². The minimum Gasteiger partial charge on any atom is -0.353 e. The van der Waals surface area contributed by atoms with Gasteiger partial charge in [-0.2, -0.15) is 0 Å². The molecule has 4 unspecified atom stereocenters. The van der Waals surface area contributed by atoms with Gasteiger partial charge < -0.3 is 10.7 Å². The Morgan fingerprint density at radius 1 is 0.645 bits per heavy atom. The molecule has 0 bridgehead atoms. The molecule has 1 aliphatic heterocycles. The lowest BCUT2D eigenvalue weighted by molar-refractivity contribution is 0.783. The molecule has 0 amide bonds. The maximum absolute atomic E-state index is 8.60. The van der Waals surface area contributed by atoms with E-state index in [4.69, 9.17) is 15.4 Å². The van der Waals surface area contributed by atoms with Crippen molar-refractivity contribution in [3.63, 3.8) is 0 Å². The molecule has 1 fully saturated rings. The molecule has 4 atom stereocenters. The maximum atomic E-state index is 8.60. The molecule has 62 heavy (non-hydrogen) atoms. The normalized spacial score (nSPS) is 23.0. The van der Waals surface area contributed by atoms with Crippen LogP contribution < -0.4 is 5.32 Å². The minimum absolute atomic E-state index is 0.241. The summed E-state index contributed by atoms with van der Waals surface area (Å²) in [4.78, 5) is 10.8. The van der Waals surface area contributed by atoms with Crippen LogP contribution in [0.1, 0.15) is 94.5 Å². The second-order valence-corrected chi connectivity index (χ2v) is 17.0. The van der Waals surface area contributed by atoms with E-state index >= 15 is 0 Å². The van der Waals surface area contributed by atoms with Gasteiger partial charge in [-0.15, -0.1) is 0 Å². The molecule has 2 N–H and O–H groups in total. The number of hydrogen-bond acceptors (Lipinski definition) is 4. The van der Waals surface area contributed by atoms with Crippen molar-refractivity contribution in [2.24, 2.45) is 11.8 Å². The summed E-state index contributed by atoms with van der Waals surface area (Å²) in [6, 6.07) is 41.0. The Bertz CT molecular complexity index is 2930. The highest BCUT2D eigenvalue weighted by Gasteiger charge is 2.50. The molecule has 4 heteroatoms. The van der Waals surface area contributed by atoms with E-state index in [0.717, 1.165) is 88.5 Å². The Labute approximate surface area is 364 Å². The lowest BCUT2D eigenvalue weighted by Crippen LogP contribution is -2.23. The summed E-state index contributed by atoms with van der Waals surface area (Å²) in [7, 11) is 0. The predicted octanol–water partition coefficient (Wildman–Crippen LogP) is 13.5. The van der Waals surface area contributed by atoms with Crippen LogP contribution in [-0.4, -0.2) is 16.2 Å². The molecule has 4 nitrogen and oxygen atoms in total. The van der Waals surface area contributed by atoms with Gasteiger partial charge in [-0.25, -0.2) is 9.97 Å². The summed E-state index contributed by atoms with van der Waals surface area (Å²) in [5.41, 5.74) is 18.1. The van der Waals surface area contributed by atoms with Crippen LogP contribution in [0.25, 0.3) is 33.6 Å². The monoisotopic (exact) mass is 800 g/mol. The van der Waals surface area contributed by atoms with Crippen LogP contribution in [0.2, 0.25) is 0 Å². The first-order valence-electron chi connectivity index (χ1n) is 22.2. The summed E-state index contributed by atoms with van der Waals surface area (Å²) in [5.74, 6) is 2.39. The Balaban J connectivity index is 0.974. The Kier molecular flexibility index (Phi) is 9.97. The van der Waals surface area contributed by atoms with Crippen LogP contribution in [0.5, 0.6) is 0 Å². The maximum Gasteiger partial charge on any atom is 0.155 e. The van der Waals surface area contributed by atoms with Crippen molar-refractivity contribution >= 4 is 39.8 Å². The van der Waals surface area contributed by atoms with Crippen molar-refractivity contribution in [2.75, 3.05) is 0 Å². The minimum atomic E-state index is 0.241. The van der Waals surface area contributed by atoms with Gasteiger partial charge in [-0.1, -0.05) is 170 Å². The lowest BCUT2D eigenvalue weighted by atomic mass is 9.82. The van der Waals surface area contributed by atoms with Gasteiger partial charge >= 0.3 is 0 Å². The molecule has 1 saturated carbocycles. The van der Waals surface area contributed by atoms with E-state index in [2.05, 4.69) is 175 Å². The Morgan fingerprint density at radius 2 is 1.42 bits per heavy atom. The van der Waals surface area contributed by atoms with E-state index in [0.29, 0.717) is 17.8 Å². The molecule has 11 rings (SSSR count). The molecular formula is C58H48N4. The number of nitrogens with one attached hydrogen (secondary N) is 2. The van der Waals surface area contributed by atoms with Crippen LogP contribution in [0.15, 0.2) is 199 Å². The second-order valence-electron chi connectivity index (χ2n) is 17.0. The molecule has 1 aromatic heterocycles. The van der Waals surface area contributed by atoms with Gasteiger partial charge in [-0.05, 0) is 112 Å². The Morgan fingerprint density at radius 3 is 2.23 bits per heavy atom. The predicted molar refractivity (Wildman–Crippen MR) is 257 cm³/mol. The first kappa shape index (κ1) is 37.8. The van der Waals surface area contributed by atoms with Gasteiger partial charge in [0.25, 0.3) is 0 Å². The zero-order valence-corrected chi connectivity index (χ0v) is 34.7. The van der Waals surface area contributed by atoms with E-state index in [9.17, 15) is 0 Å². The van der Waals surface area contributed by atoms with Crippen molar-refractivity contribution < 1.29 is 0 Å². The van der Waals surface area contributed by atoms with E-state index < -0.39 is 0 Å². The molecule has 300 valence electrons. The average Bonchev–Trinajstić information content (AvgIpc) is 4.09. The Hall–Kier alpha value is -7.17. The zero-order chi connectivity index (χ0) is 41.4. The highest BCUT2D eigenvalue weighted by molar-refractivity contribution is 6.19. The summed E-state index contributed by atoms with van der Waals surface area (Å²) >= 11 is 0. The van der Waals surface area contributed by atoms with E-state index in [1.54, 1.807) is 0 Å². The number of nitrogens with zero attached hydrogens (tertiary/aromatic N) is 2. The van der Waals surface area contributed by atoms with Crippen molar-refractivity contribution in [3.05, 3.63) is 250 Å². The summed E-state index contributed by atoms with van der Waals surface area (Å²) < 4.78 is 0. The van der Waals surface area contributed by atoms with Gasteiger partial charge in [0.1, 0.15) is 0 Å². The molecule has 6 aliphatic rings. The van der Waals surface area contributed by atoms with Gasteiger partial charge in [0.2, 0.25) is 0 Å². The fraction of sp³-hybridized carbons (Fsp3) is 0.155. The smallest absolute Gasteiger partial charge is 0.155 e. The third-order valence-electron chi connectivity index (χ3n) is 13.2. The molecule has 0 spiro atoms. The summed E-state index contributed by atoms with van der Waals surface area (Å²) in [6.07, 6.45) is 33.9. The van der Waals surface area contributed by atoms with Crippen LogP contribution in [0, 0.1) is 17.2 Å². The lowest BCUT2D eigenvalue weighted by Gasteiger charge is -2.30. The standard InChI is InChI=1S/C58H48N4/c59-37-51(39-19-7-2-8-20-39)57-49-30-14-13-29-47(49)54(56(62-57)41-23-11-4-12-24-41)45-27-15-25-42(33-45)43-26-16-28-46(34-43)58-60-52(40-21-9-3-10-22-40)36-53(61-58)55-48-32-31-44(35-50(48)55)38-17-5-1-6-18-38/h1-3,5-11,13-15,17-21,23-27,29-37,40,48,50,55,59,62H,4,12,16,22,28H2/b57-51+,59-37?. The molecular weight excluding hydrogens is 753 g/mol. The van der Waals surface area contributed by atoms with E-state index in [1.807, 2.05) is 18.2 Å². The summed E-state index contributed by atoms with van der Waals surface area (Å²) in [6.45, 7) is 0. The first-order chi connectivity index (χ1) is 30.7. The van der Waals surface area contributed by atoms with E-state index in [-0.39, 0.29) is 5.92 Å². The fourth-order valence-corrected chi connectivity index (χ4v) is 9.99. The van der Waals surface area contributed by atoms with Gasteiger partial charge in [0.05, 0.1) is 17.1 Å². The SMILES string of the molecule is N=C/C(=C1\NC(C2=CCCC=C2)=C(c2cccc(C3=CCCC(c4nc(C5C=CC=CC5)cc(C5C6C=CC(c7ccccc7)=CC65)n4)=C3)c2)c2ccccc21)c1ccccc1. The van der Waals surface area contributed by atoms with Crippen LogP contribution in [0.4, 0.5) is 0 Å². The van der Waals surface area contributed by atoms with Gasteiger partial charge in [-0.3, -0.25) is 0 Å². The molecule has 4 aromatic carbocycles. The molecule has 5 aliphatic carbocycles. The fourth-order valence-electron chi connectivity index (χ4n) is 9.99. The largest absolute Gasteiger partial charge is 0.353 e. The number of hydrogen-bond donors (Lipinski definition) is 2. The van der Waals surface area contributed by atoms with Crippen LogP contribution in [-0.2, 0) is 0 Å². The quantitative estimate of drug-likeness (QED) is 0.146. The van der Waals surface area contributed by atoms with E-state index in [1.165, 1.54) is 45.2 Å². The average molecular weight is 801 g/mol. The molecule has 0 saturated heterocycles. The highest BCUT2D eigenvalue weighted by atomic mass is 14.9. The zero-order valence-electron chi connectivity index (χ0n) is 34.7.